The minimum atomic E-state index is -0.591. The Hall–Kier alpha value is -2.82. The molecule has 0 aromatic heterocycles. The van der Waals surface area contributed by atoms with Crippen LogP contribution in [0.25, 0.3) is 6.08 Å². The molecule has 2 aromatic carbocycles. The molecule has 0 bridgehead atoms. The number of carbonyl (C=O) groups is 2. The second-order valence-electron chi connectivity index (χ2n) is 5.08. The number of ether oxygens (including phenoxy) is 1. The first kappa shape index (κ1) is 19.5. The summed E-state index contributed by atoms with van der Waals surface area (Å²) in [5, 5.41) is 12.4. The Labute approximate surface area is 163 Å². The number of carbonyl (C=O) groups excluding carboxylic acids is 2. The molecule has 0 aliphatic carbocycles. The molecular weight excluding hydrogens is 422 g/mol. The number of nitriles is 1. The van der Waals surface area contributed by atoms with E-state index >= 15 is 0 Å². The molecule has 0 saturated carbocycles. The zero-order chi connectivity index (χ0) is 19.1. The van der Waals surface area contributed by atoms with E-state index < -0.39 is 11.8 Å². The molecule has 8 heteroatoms. The highest BCUT2D eigenvalue weighted by molar-refractivity contribution is 9.10. The zero-order valence-corrected chi connectivity index (χ0v) is 15.7. The molecule has 26 heavy (non-hydrogen) atoms. The van der Waals surface area contributed by atoms with Crippen molar-refractivity contribution in [2.45, 2.75) is 0 Å². The molecule has 0 spiro atoms. The van der Waals surface area contributed by atoms with Crippen LogP contribution in [0.4, 0.5) is 5.69 Å². The van der Waals surface area contributed by atoms with Crippen LogP contribution in [0.1, 0.15) is 5.56 Å². The average molecular weight is 435 g/mol. The standard InChI is InChI=1S/C18H13BrClN3O3/c19-15-8-11(1-6-16(15)26-10-17(22)24)7-12(9-21)18(25)23-14-4-2-13(20)3-5-14/h1-8H,10H2,(H2,22,24)(H,23,25)/b12-7+. The van der Waals surface area contributed by atoms with Crippen molar-refractivity contribution >= 4 is 51.1 Å². The third kappa shape index (κ3) is 5.62. The highest BCUT2D eigenvalue weighted by atomic mass is 79.9. The molecule has 2 amide bonds. The normalized spacial score (nSPS) is 10.7. The summed E-state index contributed by atoms with van der Waals surface area (Å²) >= 11 is 9.10. The number of nitrogens with two attached hydrogens (primary N) is 1. The van der Waals surface area contributed by atoms with Gasteiger partial charge in [-0.15, -0.1) is 0 Å². The van der Waals surface area contributed by atoms with Gasteiger partial charge in [-0.05, 0) is 64.0 Å². The maximum absolute atomic E-state index is 12.2. The lowest BCUT2D eigenvalue weighted by Gasteiger charge is -2.07. The smallest absolute Gasteiger partial charge is 0.266 e. The number of hydrogen-bond donors (Lipinski definition) is 2. The minimum absolute atomic E-state index is 0.0716. The van der Waals surface area contributed by atoms with Crippen molar-refractivity contribution in [3.63, 3.8) is 0 Å². The van der Waals surface area contributed by atoms with Crippen LogP contribution in [0, 0.1) is 11.3 Å². The number of benzene rings is 2. The largest absolute Gasteiger partial charge is 0.483 e. The van der Waals surface area contributed by atoms with Crippen LogP contribution in [-0.2, 0) is 9.59 Å². The molecule has 0 fully saturated rings. The fourth-order valence-electron chi connectivity index (χ4n) is 1.92. The minimum Gasteiger partial charge on any atom is -0.483 e. The predicted octanol–water partition coefficient (Wildman–Crippen LogP) is 3.51. The van der Waals surface area contributed by atoms with Crippen molar-refractivity contribution in [3.8, 4) is 11.8 Å². The van der Waals surface area contributed by atoms with Crippen LogP contribution in [0.15, 0.2) is 52.5 Å². The van der Waals surface area contributed by atoms with E-state index in [9.17, 15) is 14.9 Å². The van der Waals surface area contributed by atoms with E-state index in [0.29, 0.717) is 26.5 Å². The molecule has 6 nitrogen and oxygen atoms in total. The Morgan fingerprint density at radius 1 is 1.27 bits per heavy atom. The van der Waals surface area contributed by atoms with Crippen molar-refractivity contribution in [2.75, 3.05) is 11.9 Å². The summed E-state index contributed by atoms with van der Waals surface area (Å²) in [4.78, 5) is 23.0. The molecule has 0 aliphatic rings. The number of halogens is 2. The van der Waals surface area contributed by atoms with Gasteiger partial charge in [-0.3, -0.25) is 9.59 Å². The van der Waals surface area contributed by atoms with Gasteiger partial charge in [-0.2, -0.15) is 5.26 Å². The van der Waals surface area contributed by atoms with Crippen LogP contribution in [0.2, 0.25) is 5.02 Å². The number of primary amides is 1. The van der Waals surface area contributed by atoms with Gasteiger partial charge in [0.25, 0.3) is 11.8 Å². The van der Waals surface area contributed by atoms with Crippen molar-refractivity contribution in [2.24, 2.45) is 5.73 Å². The van der Waals surface area contributed by atoms with Crippen molar-refractivity contribution in [1.82, 2.24) is 0 Å². The molecular formula is C18H13BrClN3O3. The summed E-state index contributed by atoms with van der Waals surface area (Å²) in [6, 6.07) is 13.3. The van der Waals surface area contributed by atoms with E-state index in [1.165, 1.54) is 6.08 Å². The van der Waals surface area contributed by atoms with Crippen LogP contribution < -0.4 is 15.8 Å². The molecule has 132 valence electrons. The molecule has 2 rings (SSSR count). The monoisotopic (exact) mass is 433 g/mol. The average Bonchev–Trinajstić information content (AvgIpc) is 2.60. The summed E-state index contributed by atoms with van der Waals surface area (Å²) in [5.74, 6) is -0.711. The van der Waals surface area contributed by atoms with Gasteiger partial charge in [0.05, 0.1) is 4.47 Å². The number of hydrogen-bond acceptors (Lipinski definition) is 4. The maximum atomic E-state index is 12.2. The molecule has 0 unspecified atom stereocenters. The van der Waals surface area contributed by atoms with Gasteiger partial charge in [0.15, 0.2) is 6.61 Å². The molecule has 0 heterocycles. The van der Waals surface area contributed by atoms with Crippen molar-refractivity contribution in [1.29, 1.82) is 5.26 Å². The quantitative estimate of drug-likeness (QED) is 0.536. The Balaban J connectivity index is 2.15. The summed E-state index contributed by atoms with van der Waals surface area (Å²) in [6.45, 7) is -0.249. The fraction of sp³-hybridized carbons (Fsp3) is 0.0556. The predicted molar refractivity (Wildman–Crippen MR) is 103 cm³/mol. The van der Waals surface area contributed by atoms with Crippen molar-refractivity contribution < 1.29 is 14.3 Å². The molecule has 0 aliphatic heterocycles. The van der Waals surface area contributed by atoms with Crippen LogP contribution in [0.3, 0.4) is 0 Å². The van der Waals surface area contributed by atoms with Crippen LogP contribution in [0.5, 0.6) is 5.75 Å². The topological polar surface area (TPSA) is 105 Å². The Bertz CT molecular complexity index is 905. The van der Waals surface area contributed by atoms with Gasteiger partial charge in [0.2, 0.25) is 0 Å². The van der Waals surface area contributed by atoms with E-state index in [4.69, 9.17) is 22.1 Å². The lowest BCUT2D eigenvalue weighted by Crippen LogP contribution is -2.20. The fourth-order valence-corrected chi connectivity index (χ4v) is 2.56. The summed E-state index contributed by atoms with van der Waals surface area (Å²) in [7, 11) is 0. The van der Waals surface area contributed by atoms with E-state index in [1.807, 2.05) is 6.07 Å². The number of nitrogens with zero attached hydrogens (tertiary/aromatic N) is 1. The first-order valence-electron chi connectivity index (χ1n) is 7.28. The summed E-state index contributed by atoms with van der Waals surface area (Å²) < 4.78 is 5.78. The second-order valence-corrected chi connectivity index (χ2v) is 6.37. The Morgan fingerprint density at radius 2 is 1.96 bits per heavy atom. The van der Waals surface area contributed by atoms with E-state index in [0.717, 1.165) is 0 Å². The Kier molecular flexibility index (Phi) is 6.78. The Morgan fingerprint density at radius 3 is 2.54 bits per heavy atom. The number of anilines is 1. The molecule has 0 atom stereocenters. The number of amides is 2. The number of rotatable bonds is 6. The van der Waals surface area contributed by atoms with Gasteiger partial charge in [0.1, 0.15) is 17.4 Å². The first-order valence-corrected chi connectivity index (χ1v) is 8.45. The second kappa shape index (κ2) is 9.04. The molecule has 2 aromatic rings. The molecule has 0 radical (unpaired) electrons. The van der Waals surface area contributed by atoms with Crippen LogP contribution in [-0.4, -0.2) is 18.4 Å². The summed E-state index contributed by atoms with van der Waals surface area (Å²) in [6.07, 6.45) is 1.44. The van der Waals surface area contributed by atoms with E-state index in [1.54, 1.807) is 42.5 Å². The van der Waals surface area contributed by atoms with Gasteiger partial charge in [0, 0.05) is 10.7 Å². The van der Waals surface area contributed by atoms with Crippen LogP contribution >= 0.6 is 27.5 Å². The van der Waals surface area contributed by atoms with Gasteiger partial charge >= 0.3 is 0 Å². The highest BCUT2D eigenvalue weighted by Gasteiger charge is 2.11. The van der Waals surface area contributed by atoms with E-state index in [-0.39, 0.29) is 12.2 Å². The SMILES string of the molecule is N#C/C(=C\c1ccc(OCC(N)=O)c(Br)c1)C(=O)Nc1ccc(Cl)cc1. The molecule has 3 N–H and O–H groups in total. The molecule has 0 saturated heterocycles. The highest BCUT2D eigenvalue weighted by Crippen LogP contribution is 2.27. The first-order chi connectivity index (χ1) is 12.4. The zero-order valence-electron chi connectivity index (χ0n) is 13.3. The maximum Gasteiger partial charge on any atom is 0.266 e. The van der Waals surface area contributed by atoms with Gasteiger partial charge in [-0.25, -0.2) is 0 Å². The van der Waals surface area contributed by atoms with Gasteiger partial charge < -0.3 is 15.8 Å². The summed E-state index contributed by atoms with van der Waals surface area (Å²) in [5.41, 5.74) is 6.09. The third-order valence-corrected chi connectivity index (χ3v) is 3.98. The van der Waals surface area contributed by atoms with Crippen molar-refractivity contribution in [3.05, 3.63) is 63.1 Å². The third-order valence-electron chi connectivity index (χ3n) is 3.10. The lowest BCUT2D eigenvalue weighted by molar-refractivity contribution is -0.120. The van der Waals surface area contributed by atoms with E-state index in [2.05, 4.69) is 21.2 Å². The number of nitrogens with one attached hydrogen (secondary N) is 1. The van der Waals surface area contributed by atoms with Gasteiger partial charge in [-0.1, -0.05) is 17.7 Å². The lowest BCUT2D eigenvalue weighted by atomic mass is 10.1.